The number of aromatic nitrogens is 1. The normalized spacial score (nSPS) is 11.8. The van der Waals surface area contributed by atoms with Crippen LogP contribution in [0.5, 0.6) is 0 Å². The number of hydrogen-bond donors (Lipinski definition) is 1. The Labute approximate surface area is 160 Å². The van der Waals surface area contributed by atoms with Gasteiger partial charge < -0.3 is 5.32 Å². The topological polar surface area (TPSA) is 42.0 Å². The summed E-state index contributed by atoms with van der Waals surface area (Å²) in [4.78, 5) is 17.2. The van der Waals surface area contributed by atoms with Crippen molar-refractivity contribution in [1.29, 1.82) is 0 Å². The number of nitrogens with zero attached hydrogens (tertiary/aromatic N) is 1. The molecule has 0 saturated carbocycles. The van der Waals surface area contributed by atoms with Gasteiger partial charge in [0.1, 0.15) is 5.82 Å². The van der Waals surface area contributed by atoms with Crippen molar-refractivity contribution in [3.63, 3.8) is 0 Å². The summed E-state index contributed by atoms with van der Waals surface area (Å²) in [5, 5.41) is 3.66. The Morgan fingerprint density at radius 2 is 1.85 bits per heavy atom. The second-order valence-corrected chi connectivity index (χ2v) is 6.59. The van der Waals surface area contributed by atoms with E-state index in [1.165, 1.54) is 12.1 Å². The van der Waals surface area contributed by atoms with E-state index in [4.69, 9.17) is 23.2 Å². The van der Waals surface area contributed by atoms with Gasteiger partial charge in [-0.3, -0.25) is 9.78 Å². The van der Waals surface area contributed by atoms with E-state index in [1.54, 1.807) is 36.5 Å². The highest BCUT2D eigenvalue weighted by atomic mass is 35.5. The maximum atomic E-state index is 13.3. The summed E-state index contributed by atoms with van der Waals surface area (Å²) in [5.41, 5.74) is 1.87. The van der Waals surface area contributed by atoms with Crippen LogP contribution in [-0.2, 0) is 11.2 Å². The molecular weight excluding hydrogens is 374 g/mol. The van der Waals surface area contributed by atoms with E-state index in [2.05, 4.69) is 10.3 Å². The second-order valence-electron chi connectivity index (χ2n) is 5.74. The standard InChI is InChI=1S/C20H15Cl2FN2O/c21-14-6-9-18(22)19(11-14)25-20(26)17(12-16-3-1-2-10-24-16)13-4-7-15(23)8-5-13/h1-11,17H,12H2,(H,25,26). The minimum absolute atomic E-state index is 0.272. The van der Waals surface area contributed by atoms with Gasteiger partial charge in [-0.2, -0.15) is 0 Å². The van der Waals surface area contributed by atoms with Crippen LogP contribution in [0.4, 0.5) is 10.1 Å². The monoisotopic (exact) mass is 388 g/mol. The highest BCUT2D eigenvalue weighted by Crippen LogP contribution is 2.28. The molecule has 0 aliphatic heterocycles. The lowest BCUT2D eigenvalue weighted by molar-refractivity contribution is -0.117. The van der Waals surface area contributed by atoms with Crippen molar-refractivity contribution in [2.24, 2.45) is 0 Å². The average molecular weight is 389 g/mol. The Morgan fingerprint density at radius 1 is 1.08 bits per heavy atom. The molecule has 3 rings (SSSR count). The molecule has 1 heterocycles. The molecule has 1 N–H and O–H groups in total. The summed E-state index contributed by atoms with van der Waals surface area (Å²) >= 11 is 12.1. The molecule has 6 heteroatoms. The zero-order valence-corrected chi connectivity index (χ0v) is 15.1. The predicted octanol–water partition coefficient (Wildman–Crippen LogP) is 5.49. The molecule has 0 radical (unpaired) electrons. The minimum atomic E-state index is -0.555. The molecule has 0 saturated heterocycles. The van der Waals surface area contributed by atoms with Gasteiger partial charge in [0.15, 0.2) is 0 Å². The Bertz CT molecular complexity index is 901. The van der Waals surface area contributed by atoms with E-state index in [9.17, 15) is 9.18 Å². The van der Waals surface area contributed by atoms with Crippen LogP contribution in [0, 0.1) is 5.82 Å². The highest BCUT2D eigenvalue weighted by Gasteiger charge is 2.23. The number of pyridine rings is 1. The van der Waals surface area contributed by atoms with Gasteiger partial charge in [0.2, 0.25) is 5.91 Å². The molecule has 2 aromatic carbocycles. The number of rotatable bonds is 5. The number of carbonyl (C=O) groups excluding carboxylic acids is 1. The van der Waals surface area contributed by atoms with E-state index in [0.717, 1.165) is 5.69 Å². The minimum Gasteiger partial charge on any atom is -0.324 e. The number of amides is 1. The molecule has 1 atom stereocenters. The van der Waals surface area contributed by atoms with Crippen molar-refractivity contribution in [3.8, 4) is 0 Å². The molecule has 0 aliphatic rings. The summed E-state index contributed by atoms with van der Waals surface area (Å²) < 4.78 is 13.3. The average Bonchev–Trinajstić information content (AvgIpc) is 2.64. The van der Waals surface area contributed by atoms with Crippen LogP contribution in [0.1, 0.15) is 17.2 Å². The molecule has 1 aromatic heterocycles. The molecule has 0 bridgehead atoms. The van der Waals surface area contributed by atoms with Crippen molar-refractivity contribution < 1.29 is 9.18 Å². The summed E-state index contributed by atoms with van der Waals surface area (Å²) in [7, 11) is 0. The third-order valence-corrected chi connectivity index (χ3v) is 4.48. The van der Waals surface area contributed by atoms with E-state index < -0.39 is 5.92 Å². The number of halogens is 3. The van der Waals surface area contributed by atoms with Gasteiger partial charge in [-0.25, -0.2) is 4.39 Å². The fraction of sp³-hybridized carbons (Fsp3) is 0.100. The maximum Gasteiger partial charge on any atom is 0.232 e. The summed E-state index contributed by atoms with van der Waals surface area (Å²) in [6, 6.07) is 16.2. The van der Waals surface area contributed by atoms with Crippen molar-refractivity contribution in [3.05, 3.63) is 94.0 Å². The van der Waals surface area contributed by atoms with Crippen LogP contribution in [-0.4, -0.2) is 10.9 Å². The third-order valence-electron chi connectivity index (χ3n) is 3.91. The summed E-state index contributed by atoms with van der Waals surface area (Å²) in [6.07, 6.45) is 2.04. The molecule has 3 nitrogen and oxygen atoms in total. The van der Waals surface area contributed by atoms with Crippen LogP contribution in [0.25, 0.3) is 0 Å². The van der Waals surface area contributed by atoms with Gasteiger partial charge >= 0.3 is 0 Å². The van der Waals surface area contributed by atoms with Crippen LogP contribution < -0.4 is 5.32 Å². The number of benzene rings is 2. The van der Waals surface area contributed by atoms with Crippen molar-refractivity contribution >= 4 is 34.8 Å². The summed E-state index contributed by atoms with van der Waals surface area (Å²) in [6.45, 7) is 0. The van der Waals surface area contributed by atoms with E-state index in [-0.39, 0.29) is 11.7 Å². The summed E-state index contributed by atoms with van der Waals surface area (Å²) in [5.74, 6) is -1.18. The first kappa shape index (κ1) is 18.4. The highest BCUT2D eigenvalue weighted by molar-refractivity contribution is 6.35. The Hall–Kier alpha value is -2.43. The Balaban J connectivity index is 1.90. The predicted molar refractivity (Wildman–Crippen MR) is 102 cm³/mol. The van der Waals surface area contributed by atoms with Crippen molar-refractivity contribution in [1.82, 2.24) is 4.98 Å². The molecule has 1 unspecified atom stereocenters. The van der Waals surface area contributed by atoms with Gasteiger partial charge in [-0.1, -0.05) is 41.4 Å². The van der Waals surface area contributed by atoms with Gasteiger partial charge in [-0.15, -0.1) is 0 Å². The zero-order chi connectivity index (χ0) is 18.5. The smallest absolute Gasteiger partial charge is 0.232 e. The molecule has 0 aliphatic carbocycles. The SMILES string of the molecule is O=C(Nc1cc(Cl)ccc1Cl)C(Cc1ccccn1)c1ccc(F)cc1. The lowest BCUT2D eigenvalue weighted by atomic mass is 9.93. The first-order chi connectivity index (χ1) is 12.5. The molecule has 132 valence electrons. The quantitative estimate of drug-likeness (QED) is 0.627. The largest absolute Gasteiger partial charge is 0.324 e. The van der Waals surface area contributed by atoms with Crippen LogP contribution in [0.15, 0.2) is 66.9 Å². The van der Waals surface area contributed by atoms with Gasteiger partial charge in [0, 0.05) is 23.3 Å². The molecular formula is C20H15Cl2FN2O. The molecule has 1 amide bonds. The van der Waals surface area contributed by atoms with Crippen molar-refractivity contribution in [2.75, 3.05) is 5.32 Å². The maximum absolute atomic E-state index is 13.3. The third kappa shape index (κ3) is 4.59. The molecule has 3 aromatic rings. The molecule has 0 fully saturated rings. The van der Waals surface area contributed by atoms with Crippen LogP contribution >= 0.6 is 23.2 Å². The fourth-order valence-corrected chi connectivity index (χ4v) is 2.94. The van der Waals surface area contributed by atoms with Gasteiger partial charge in [0.25, 0.3) is 0 Å². The van der Waals surface area contributed by atoms with Gasteiger partial charge in [0.05, 0.1) is 16.6 Å². The zero-order valence-electron chi connectivity index (χ0n) is 13.6. The van der Waals surface area contributed by atoms with Crippen LogP contribution in [0.2, 0.25) is 10.0 Å². The molecule has 0 spiro atoms. The number of carbonyl (C=O) groups is 1. The second kappa shape index (κ2) is 8.30. The Kier molecular flexibility index (Phi) is 5.86. The van der Waals surface area contributed by atoms with E-state index in [1.807, 2.05) is 18.2 Å². The molecule has 26 heavy (non-hydrogen) atoms. The number of hydrogen-bond acceptors (Lipinski definition) is 2. The van der Waals surface area contributed by atoms with E-state index in [0.29, 0.717) is 27.7 Å². The first-order valence-electron chi connectivity index (χ1n) is 7.94. The van der Waals surface area contributed by atoms with Crippen LogP contribution in [0.3, 0.4) is 0 Å². The Morgan fingerprint density at radius 3 is 2.54 bits per heavy atom. The lowest BCUT2D eigenvalue weighted by Gasteiger charge is -2.18. The first-order valence-corrected chi connectivity index (χ1v) is 8.70. The number of anilines is 1. The van der Waals surface area contributed by atoms with Gasteiger partial charge in [-0.05, 0) is 48.0 Å². The van der Waals surface area contributed by atoms with E-state index >= 15 is 0 Å². The number of nitrogens with one attached hydrogen (secondary N) is 1. The fourth-order valence-electron chi connectivity index (χ4n) is 2.60. The lowest BCUT2D eigenvalue weighted by Crippen LogP contribution is -2.23. The van der Waals surface area contributed by atoms with Crippen molar-refractivity contribution in [2.45, 2.75) is 12.3 Å².